The van der Waals surface area contributed by atoms with Gasteiger partial charge in [-0.05, 0) is 18.2 Å². The van der Waals surface area contributed by atoms with Crippen LogP contribution < -0.4 is 5.73 Å². The number of hydrogen-bond donors (Lipinski definition) is 2. The zero-order chi connectivity index (χ0) is 15.9. The number of fused-ring (bicyclic) bond motifs is 1. The molecule has 0 radical (unpaired) electrons. The smallest absolute Gasteiger partial charge is 0.358 e. The summed E-state index contributed by atoms with van der Waals surface area (Å²) >= 11 is 5.96. The molecule has 0 spiro atoms. The summed E-state index contributed by atoms with van der Waals surface area (Å²) in [4.78, 5) is 18.6. The van der Waals surface area contributed by atoms with Crippen LogP contribution in [0.2, 0.25) is 5.02 Å². The second-order valence-electron chi connectivity index (χ2n) is 4.62. The molecule has 0 atom stereocenters. The third-order valence-electron chi connectivity index (χ3n) is 3.31. The van der Waals surface area contributed by atoms with Crippen molar-refractivity contribution in [2.75, 3.05) is 12.8 Å². The Morgan fingerprint density at radius 3 is 2.91 bits per heavy atom. The maximum atomic E-state index is 14.6. The van der Waals surface area contributed by atoms with Gasteiger partial charge in [0.1, 0.15) is 0 Å². The first-order valence-corrected chi connectivity index (χ1v) is 6.71. The van der Waals surface area contributed by atoms with Crippen molar-refractivity contribution in [2.45, 2.75) is 0 Å². The van der Waals surface area contributed by atoms with Crippen molar-refractivity contribution < 1.29 is 13.9 Å². The molecule has 0 bridgehead atoms. The zero-order valence-corrected chi connectivity index (χ0v) is 12.2. The molecule has 3 rings (SSSR count). The minimum Gasteiger partial charge on any atom is -0.464 e. The number of aromatic amines is 1. The summed E-state index contributed by atoms with van der Waals surface area (Å²) < 4.78 is 19.2. The molecule has 3 N–H and O–H groups in total. The number of hydrogen-bond acceptors (Lipinski definition) is 4. The van der Waals surface area contributed by atoms with E-state index in [0.717, 1.165) is 5.39 Å². The van der Waals surface area contributed by atoms with Crippen LogP contribution in [0.25, 0.3) is 22.2 Å². The maximum Gasteiger partial charge on any atom is 0.358 e. The number of methoxy groups -OCH3 is 1. The number of pyridine rings is 1. The van der Waals surface area contributed by atoms with Crippen LogP contribution >= 0.6 is 11.6 Å². The van der Waals surface area contributed by atoms with Crippen molar-refractivity contribution in [2.24, 2.45) is 0 Å². The minimum absolute atomic E-state index is 0.0167. The summed E-state index contributed by atoms with van der Waals surface area (Å²) in [7, 11) is 1.20. The normalized spacial score (nSPS) is 10.9. The van der Waals surface area contributed by atoms with Gasteiger partial charge in [0.05, 0.1) is 29.0 Å². The van der Waals surface area contributed by atoms with Gasteiger partial charge in [-0.15, -0.1) is 0 Å². The van der Waals surface area contributed by atoms with Gasteiger partial charge in [-0.25, -0.2) is 14.2 Å². The summed E-state index contributed by atoms with van der Waals surface area (Å²) in [6.45, 7) is 0. The second-order valence-corrected chi connectivity index (χ2v) is 5.00. The third-order valence-corrected chi connectivity index (χ3v) is 3.70. The molecule has 0 aliphatic heterocycles. The number of nitrogen functional groups attached to an aromatic ring is 1. The topological polar surface area (TPSA) is 81.0 Å². The van der Waals surface area contributed by atoms with E-state index in [9.17, 15) is 9.18 Å². The summed E-state index contributed by atoms with van der Waals surface area (Å²) in [5, 5.41) is 0.716. The Balaban J connectivity index is 2.24. The average Bonchev–Trinajstić information content (AvgIpc) is 2.99. The summed E-state index contributed by atoms with van der Waals surface area (Å²) in [5.74, 6) is -1.22. The Kier molecular flexibility index (Phi) is 3.46. The van der Waals surface area contributed by atoms with E-state index in [1.807, 2.05) is 0 Å². The van der Waals surface area contributed by atoms with Crippen LogP contribution in [-0.2, 0) is 4.74 Å². The molecule has 0 aliphatic carbocycles. The molecule has 0 amide bonds. The first-order chi connectivity index (χ1) is 10.5. The lowest BCUT2D eigenvalue weighted by Gasteiger charge is -2.09. The summed E-state index contributed by atoms with van der Waals surface area (Å²) in [5.41, 5.74) is 6.53. The molecule has 7 heteroatoms. The fourth-order valence-corrected chi connectivity index (χ4v) is 2.38. The van der Waals surface area contributed by atoms with E-state index in [0.29, 0.717) is 5.52 Å². The predicted octanol–water partition coefficient (Wildman–Crippen LogP) is 3.39. The van der Waals surface area contributed by atoms with Gasteiger partial charge in [0.15, 0.2) is 11.5 Å². The average molecular weight is 320 g/mol. The molecule has 2 aromatic heterocycles. The SMILES string of the molecule is COC(=O)c1nc(-c2ccc3cc[nH]c3c2F)cc(N)c1Cl. The van der Waals surface area contributed by atoms with E-state index in [1.54, 1.807) is 24.4 Å². The van der Waals surface area contributed by atoms with Gasteiger partial charge in [-0.1, -0.05) is 17.7 Å². The first-order valence-electron chi connectivity index (χ1n) is 6.33. The molecular formula is C15H11ClFN3O2. The van der Waals surface area contributed by atoms with Gasteiger partial charge >= 0.3 is 5.97 Å². The Morgan fingerprint density at radius 2 is 2.18 bits per heavy atom. The largest absolute Gasteiger partial charge is 0.464 e. The van der Waals surface area contributed by atoms with Crippen molar-refractivity contribution in [1.29, 1.82) is 0 Å². The number of carbonyl (C=O) groups excluding carboxylic acids is 1. The van der Waals surface area contributed by atoms with E-state index in [1.165, 1.54) is 13.2 Å². The molecule has 22 heavy (non-hydrogen) atoms. The van der Waals surface area contributed by atoms with E-state index >= 15 is 0 Å². The third kappa shape index (κ3) is 2.17. The van der Waals surface area contributed by atoms with Crippen LogP contribution in [-0.4, -0.2) is 23.0 Å². The maximum absolute atomic E-state index is 14.6. The van der Waals surface area contributed by atoms with Gasteiger partial charge in [0.25, 0.3) is 0 Å². The van der Waals surface area contributed by atoms with Crippen molar-refractivity contribution >= 4 is 34.2 Å². The summed E-state index contributed by atoms with van der Waals surface area (Å²) in [6.07, 6.45) is 1.64. The lowest BCUT2D eigenvalue weighted by atomic mass is 10.1. The number of esters is 1. The molecule has 0 saturated carbocycles. The number of anilines is 1. The first kappa shape index (κ1) is 14.3. The second kappa shape index (κ2) is 5.31. The molecule has 0 saturated heterocycles. The van der Waals surface area contributed by atoms with Gasteiger partial charge in [0.2, 0.25) is 0 Å². The fraction of sp³-hybridized carbons (Fsp3) is 0.0667. The van der Waals surface area contributed by atoms with Crippen LogP contribution in [0.5, 0.6) is 0 Å². The van der Waals surface area contributed by atoms with Gasteiger partial charge in [-0.2, -0.15) is 0 Å². The van der Waals surface area contributed by atoms with Crippen molar-refractivity contribution in [3.63, 3.8) is 0 Å². The number of nitrogens with zero attached hydrogens (tertiary/aromatic N) is 1. The number of benzene rings is 1. The highest BCUT2D eigenvalue weighted by Crippen LogP contribution is 2.32. The molecule has 112 valence electrons. The minimum atomic E-state index is -0.736. The van der Waals surface area contributed by atoms with Crippen molar-refractivity contribution in [3.05, 3.63) is 47.0 Å². The van der Waals surface area contributed by atoms with Gasteiger partial charge in [0, 0.05) is 17.1 Å². The number of halogens is 2. The Hall–Kier alpha value is -2.60. The number of nitrogens with one attached hydrogen (secondary N) is 1. The van der Waals surface area contributed by atoms with E-state index < -0.39 is 11.8 Å². The molecular weight excluding hydrogens is 309 g/mol. The Bertz CT molecular complexity index is 892. The predicted molar refractivity (Wildman–Crippen MR) is 82.2 cm³/mol. The van der Waals surface area contributed by atoms with E-state index in [-0.39, 0.29) is 27.7 Å². The summed E-state index contributed by atoms with van der Waals surface area (Å²) in [6, 6.07) is 6.49. The zero-order valence-electron chi connectivity index (χ0n) is 11.5. The fourth-order valence-electron chi connectivity index (χ4n) is 2.21. The number of aromatic nitrogens is 2. The quantitative estimate of drug-likeness (QED) is 0.709. The van der Waals surface area contributed by atoms with Crippen LogP contribution in [0, 0.1) is 5.82 Å². The molecule has 3 aromatic rings. The molecule has 0 fully saturated rings. The number of ether oxygens (including phenoxy) is 1. The van der Waals surface area contributed by atoms with E-state index in [2.05, 4.69) is 14.7 Å². The molecule has 0 aliphatic rings. The highest BCUT2D eigenvalue weighted by Gasteiger charge is 2.19. The van der Waals surface area contributed by atoms with Crippen LogP contribution in [0.1, 0.15) is 10.5 Å². The van der Waals surface area contributed by atoms with Crippen molar-refractivity contribution in [1.82, 2.24) is 9.97 Å². The Labute approximate surface area is 129 Å². The number of H-pyrrole nitrogens is 1. The lowest BCUT2D eigenvalue weighted by Crippen LogP contribution is -2.08. The standard InChI is InChI=1S/C15H11ClFN3O2/c1-22-15(21)14-11(16)9(18)6-10(20-14)8-3-2-7-4-5-19-13(7)12(8)17/h2-6,19H,1H3,(H2,18,20). The number of rotatable bonds is 2. The molecule has 5 nitrogen and oxygen atoms in total. The lowest BCUT2D eigenvalue weighted by molar-refractivity contribution is 0.0594. The molecule has 0 unspecified atom stereocenters. The van der Waals surface area contributed by atoms with Gasteiger partial charge in [-0.3, -0.25) is 0 Å². The molecule has 2 heterocycles. The highest BCUT2D eigenvalue weighted by atomic mass is 35.5. The number of carbonyl (C=O) groups is 1. The number of nitrogens with two attached hydrogens (primary N) is 1. The highest BCUT2D eigenvalue weighted by molar-refractivity contribution is 6.35. The monoisotopic (exact) mass is 319 g/mol. The van der Waals surface area contributed by atoms with Crippen LogP contribution in [0.3, 0.4) is 0 Å². The van der Waals surface area contributed by atoms with E-state index in [4.69, 9.17) is 17.3 Å². The molecule has 1 aromatic carbocycles. The van der Waals surface area contributed by atoms with Crippen LogP contribution in [0.4, 0.5) is 10.1 Å². The van der Waals surface area contributed by atoms with Crippen molar-refractivity contribution in [3.8, 4) is 11.3 Å². The van der Waals surface area contributed by atoms with Crippen LogP contribution in [0.15, 0.2) is 30.5 Å². The van der Waals surface area contributed by atoms with Gasteiger partial charge < -0.3 is 15.5 Å². The Morgan fingerprint density at radius 1 is 1.41 bits per heavy atom.